The summed E-state index contributed by atoms with van der Waals surface area (Å²) >= 11 is 1.30. The minimum absolute atomic E-state index is 0.0374. The summed E-state index contributed by atoms with van der Waals surface area (Å²) in [5.41, 5.74) is 3.30. The summed E-state index contributed by atoms with van der Waals surface area (Å²) in [6, 6.07) is 16.8. The zero-order valence-corrected chi connectivity index (χ0v) is 21.4. The van der Waals surface area contributed by atoms with Crippen molar-refractivity contribution in [1.82, 2.24) is 9.55 Å². The molecule has 36 heavy (non-hydrogen) atoms. The number of H-pyrrole nitrogens is 1. The van der Waals surface area contributed by atoms with Crippen LogP contribution in [0.5, 0.6) is 5.75 Å². The predicted octanol–water partition coefficient (Wildman–Crippen LogP) is 4.07. The Morgan fingerprint density at radius 3 is 2.64 bits per heavy atom. The van der Waals surface area contributed by atoms with E-state index in [0.717, 1.165) is 27.9 Å². The van der Waals surface area contributed by atoms with Gasteiger partial charge in [0.2, 0.25) is 0 Å². The van der Waals surface area contributed by atoms with Gasteiger partial charge in [0.1, 0.15) is 5.75 Å². The van der Waals surface area contributed by atoms with Crippen LogP contribution in [0.2, 0.25) is 0 Å². The molecule has 2 aromatic carbocycles. The molecule has 0 unspecified atom stereocenters. The summed E-state index contributed by atoms with van der Waals surface area (Å²) in [4.78, 5) is 35.3. The fraction of sp³-hybridized carbons (Fsp3) is 0.250. The lowest BCUT2D eigenvalue weighted by Gasteiger charge is -2.25. The number of nitrogens with one attached hydrogen (secondary N) is 1. The molecule has 4 aromatic rings. The maximum Gasteiger partial charge on any atom is 0.338 e. The number of fused-ring (bicyclic) bond motifs is 2. The summed E-state index contributed by atoms with van der Waals surface area (Å²) in [5, 5.41) is 1.07. The van der Waals surface area contributed by atoms with Crippen LogP contribution in [0.4, 0.5) is 0 Å². The van der Waals surface area contributed by atoms with E-state index in [1.54, 1.807) is 18.4 Å². The summed E-state index contributed by atoms with van der Waals surface area (Å²) < 4.78 is 13.3. The fourth-order valence-electron chi connectivity index (χ4n) is 4.42. The van der Waals surface area contributed by atoms with Gasteiger partial charge in [0, 0.05) is 11.2 Å². The zero-order valence-electron chi connectivity index (χ0n) is 20.6. The first kappa shape index (κ1) is 23.8. The molecule has 2 aromatic heterocycles. The van der Waals surface area contributed by atoms with Crippen molar-refractivity contribution in [2.45, 2.75) is 39.8 Å². The average Bonchev–Trinajstić information content (AvgIpc) is 3.38. The monoisotopic (exact) mass is 501 g/mol. The zero-order chi connectivity index (χ0) is 25.4. The van der Waals surface area contributed by atoms with Gasteiger partial charge in [-0.2, -0.15) is 0 Å². The van der Waals surface area contributed by atoms with Crippen LogP contribution in [0.3, 0.4) is 0 Å². The number of rotatable bonds is 6. The molecule has 0 aliphatic carbocycles. The normalized spacial score (nSPS) is 15.8. The lowest BCUT2D eigenvalue weighted by atomic mass is 9.96. The number of hydrogen-bond acceptors (Lipinski definition) is 6. The van der Waals surface area contributed by atoms with Crippen LogP contribution in [0.1, 0.15) is 45.0 Å². The van der Waals surface area contributed by atoms with Gasteiger partial charge in [-0.3, -0.25) is 9.36 Å². The molecular weight excluding hydrogens is 474 g/mol. The SMILES string of the molecule is CCOC(=O)C1=C(C)N=c2s/c(=C/c3cc4ccccc4[nH]3)c(=O)n2[C@H]1c1ccc(OC(C)C)cc1. The Balaban J connectivity index is 1.66. The van der Waals surface area contributed by atoms with E-state index in [9.17, 15) is 9.59 Å². The standard InChI is InChI=1S/C28H27N3O4S/c1-5-34-27(33)24-17(4)29-28-31(25(24)18-10-12-21(13-11-18)35-16(2)3)26(32)23(36-28)15-20-14-19-8-6-7-9-22(19)30-20/h6-16,25,30H,5H2,1-4H3/b23-15+/t25-/m0/s1. The average molecular weight is 502 g/mol. The molecule has 0 fully saturated rings. The van der Waals surface area contributed by atoms with Crippen molar-refractivity contribution in [2.75, 3.05) is 6.61 Å². The van der Waals surface area contributed by atoms with Crippen molar-refractivity contribution in [3.63, 3.8) is 0 Å². The van der Waals surface area contributed by atoms with Crippen LogP contribution in [-0.4, -0.2) is 28.2 Å². The molecule has 0 spiro atoms. The highest BCUT2D eigenvalue weighted by Gasteiger charge is 2.33. The van der Waals surface area contributed by atoms with Crippen molar-refractivity contribution in [1.29, 1.82) is 0 Å². The first-order valence-electron chi connectivity index (χ1n) is 11.9. The number of aromatic amines is 1. The van der Waals surface area contributed by atoms with Crippen LogP contribution < -0.4 is 19.6 Å². The third-order valence-corrected chi connectivity index (χ3v) is 6.90. The quantitative estimate of drug-likeness (QED) is 0.404. The van der Waals surface area contributed by atoms with Gasteiger partial charge in [-0.05, 0) is 69.0 Å². The van der Waals surface area contributed by atoms with E-state index in [1.807, 2.05) is 74.5 Å². The number of benzene rings is 2. The molecule has 0 bridgehead atoms. The van der Waals surface area contributed by atoms with Crippen LogP contribution in [-0.2, 0) is 9.53 Å². The Hall–Kier alpha value is -3.91. The maximum atomic E-state index is 13.7. The third kappa shape index (κ3) is 4.40. The number of hydrogen-bond donors (Lipinski definition) is 1. The van der Waals surface area contributed by atoms with Crippen molar-refractivity contribution < 1.29 is 14.3 Å². The minimum atomic E-state index is -0.654. The van der Waals surface area contributed by atoms with Crippen molar-refractivity contribution in [2.24, 2.45) is 4.99 Å². The Labute approximate surface area is 212 Å². The van der Waals surface area contributed by atoms with Gasteiger partial charge in [0.25, 0.3) is 5.56 Å². The fourth-order valence-corrected chi connectivity index (χ4v) is 5.46. The number of thiazole rings is 1. The van der Waals surface area contributed by atoms with E-state index in [1.165, 1.54) is 11.3 Å². The van der Waals surface area contributed by atoms with Crippen molar-refractivity contribution in [3.05, 3.63) is 96.8 Å². The van der Waals surface area contributed by atoms with E-state index in [-0.39, 0.29) is 18.3 Å². The van der Waals surface area contributed by atoms with Gasteiger partial charge >= 0.3 is 5.97 Å². The topological polar surface area (TPSA) is 85.7 Å². The number of allylic oxidation sites excluding steroid dienone is 1. The number of nitrogens with zero attached hydrogens (tertiary/aromatic N) is 2. The Morgan fingerprint density at radius 2 is 1.94 bits per heavy atom. The number of para-hydroxylation sites is 1. The van der Waals surface area contributed by atoms with E-state index in [2.05, 4.69) is 9.98 Å². The summed E-state index contributed by atoms with van der Waals surface area (Å²) in [6.07, 6.45) is 1.87. The van der Waals surface area contributed by atoms with Gasteiger partial charge in [-0.25, -0.2) is 9.79 Å². The van der Waals surface area contributed by atoms with E-state index < -0.39 is 12.0 Å². The Kier molecular flexibility index (Phi) is 6.36. The van der Waals surface area contributed by atoms with Crippen LogP contribution in [0, 0.1) is 0 Å². The molecule has 1 N–H and O–H groups in total. The molecule has 3 heterocycles. The highest BCUT2D eigenvalue weighted by atomic mass is 32.1. The second-order valence-corrected chi connectivity index (χ2v) is 9.86. The van der Waals surface area contributed by atoms with Crippen LogP contribution >= 0.6 is 11.3 Å². The molecule has 5 rings (SSSR count). The molecule has 0 amide bonds. The van der Waals surface area contributed by atoms with Crippen LogP contribution in [0.25, 0.3) is 17.0 Å². The third-order valence-electron chi connectivity index (χ3n) is 5.92. The molecule has 7 nitrogen and oxygen atoms in total. The summed E-state index contributed by atoms with van der Waals surface area (Å²) in [6.45, 7) is 7.70. The van der Waals surface area contributed by atoms with Gasteiger partial charge in [-0.15, -0.1) is 0 Å². The Morgan fingerprint density at radius 1 is 1.19 bits per heavy atom. The second-order valence-electron chi connectivity index (χ2n) is 8.85. The smallest absolute Gasteiger partial charge is 0.338 e. The highest BCUT2D eigenvalue weighted by molar-refractivity contribution is 7.07. The van der Waals surface area contributed by atoms with E-state index in [0.29, 0.717) is 20.6 Å². The van der Waals surface area contributed by atoms with Gasteiger partial charge in [-0.1, -0.05) is 41.7 Å². The lowest BCUT2D eigenvalue weighted by Crippen LogP contribution is -2.39. The number of ether oxygens (including phenoxy) is 2. The van der Waals surface area contributed by atoms with Crippen molar-refractivity contribution >= 4 is 34.3 Å². The lowest BCUT2D eigenvalue weighted by molar-refractivity contribution is -0.139. The molecule has 1 aliphatic heterocycles. The molecule has 1 atom stereocenters. The van der Waals surface area contributed by atoms with Gasteiger partial charge in [0.05, 0.1) is 34.6 Å². The van der Waals surface area contributed by atoms with Crippen molar-refractivity contribution in [3.8, 4) is 5.75 Å². The van der Waals surface area contributed by atoms with Crippen LogP contribution in [0.15, 0.2) is 75.7 Å². The number of aromatic nitrogens is 2. The number of esters is 1. The van der Waals surface area contributed by atoms with Gasteiger partial charge < -0.3 is 14.5 Å². The molecule has 184 valence electrons. The largest absolute Gasteiger partial charge is 0.491 e. The highest BCUT2D eigenvalue weighted by Crippen LogP contribution is 2.31. The molecule has 0 radical (unpaired) electrons. The second kappa shape index (κ2) is 9.62. The minimum Gasteiger partial charge on any atom is -0.491 e. The first-order chi connectivity index (χ1) is 17.4. The van der Waals surface area contributed by atoms with Gasteiger partial charge in [0.15, 0.2) is 4.80 Å². The first-order valence-corrected chi connectivity index (χ1v) is 12.7. The molecular formula is C28H27N3O4S. The maximum absolute atomic E-state index is 13.7. The predicted molar refractivity (Wildman–Crippen MR) is 141 cm³/mol. The number of carbonyl (C=O) groups is 1. The van der Waals surface area contributed by atoms with E-state index >= 15 is 0 Å². The molecule has 8 heteroatoms. The molecule has 1 aliphatic rings. The van der Waals surface area contributed by atoms with E-state index in [4.69, 9.17) is 9.47 Å². The molecule has 0 saturated carbocycles. The summed E-state index contributed by atoms with van der Waals surface area (Å²) in [5.74, 6) is 0.245. The molecule has 0 saturated heterocycles. The number of carbonyl (C=O) groups excluding carboxylic acids is 1. The Bertz CT molecular complexity index is 1620. The summed E-state index contributed by atoms with van der Waals surface area (Å²) in [7, 11) is 0.